The van der Waals surface area contributed by atoms with Crippen LogP contribution in [0.5, 0.6) is 5.75 Å². The Kier molecular flexibility index (Phi) is 2.78. The number of phenols is 1. The molecule has 0 aliphatic carbocycles. The van der Waals surface area contributed by atoms with E-state index >= 15 is 0 Å². The molecule has 1 rings (SSSR count). The second-order valence-corrected chi connectivity index (χ2v) is 3.69. The second-order valence-electron chi connectivity index (χ2n) is 3.69. The van der Waals surface area contributed by atoms with Crippen LogP contribution in [0.3, 0.4) is 0 Å². The summed E-state index contributed by atoms with van der Waals surface area (Å²) >= 11 is 0. The first-order valence-electron chi connectivity index (χ1n) is 4.28. The van der Waals surface area contributed by atoms with Gasteiger partial charge in [-0.05, 0) is 31.5 Å². The van der Waals surface area contributed by atoms with E-state index in [1.807, 2.05) is 0 Å². The van der Waals surface area contributed by atoms with Gasteiger partial charge in [-0.15, -0.1) is 0 Å². The number of aromatic hydroxyl groups is 1. The molecule has 3 nitrogen and oxygen atoms in total. The van der Waals surface area contributed by atoms with Gasteiger partial charge in [0.05, 0.1) is 12.1 Å². The average molecular weight is 199 g/mol. The van der Waals surface area contributed by atoms with E-state index in [2.05, 4.69) is 0 Å². The van der Waals surface area contributed by atoms with Crippen molar-refractivity contribution in [1.29, 1.82) is 0 Å². The number of rotatable bonds is 2. The van der Waals surface area contributed by atoms with Crippen LogP contribution >= 0.6 is 0 Å². The molecule has 0 bridgehead atoms. The first kappa shape index (κ1) is 10.9. The van der Waals surface area contributed by atoms with E-state index in [-0.39, 0.29) is 17.9 Å². The highest BCUT2D eigenvalue weighted by Crippen LogP contribution is 2.29. The molecule has 1 aromatic rings. The van der Waals surface area contributed by atoms with Crippen molar-refractivity contribution in [2.24, 2.45) is 5.73 Å². The van der Waals surface area contributed by atoms with Gasteiger partial charge in [-0.3, -0.25) is 0 Å². The van der Waals surface area contributed by atoms with Crippen molar-refractivity contribution < 1.29 is 14.6 Å². The fourth-order valence-corrected chi connectivity index (χ4v) is 1.21. The van der Waals surface area contributed by atoms with Gasteiger partial charge in [0.15, 0.2) is 0 Å². The van der Waals surface area contributed by atoms with Gasteiger partial charge in [0, 0.05) is 5.56 Å². The molecule has 0 radical (unpaired) electrons. The van der Waals surface area contributed by atoms with Crippen LogP contribution in [0.15, 0.2) is 12.1 Å². The Balaban J connectivity index is 3.29. The number of aryl methyl sites for hydroxylation is 1. The van der Waals surface area contributed by atoms with Gasteiger partial charge in [0.2, 0.25) is 0 Å². The van der Waals surface area contributed by atoms with Crippen LogP contribution in [0.25, 0.3) is 0 Å². The molecule has 0 aliphatic rings. The summed E-state index contributed by atoms with van der Waals surface area (Å²) in [6, 6.07) is 2.45. The maximum Gasteiger partial charge on any atom is 0.126 e. The average Bonchev–Trinajstić information content (AvgIpc) is 2.11. The molecule has 14 heavy (non-hydrogen) atoms. The Morgan fingerprint density at radius 2 is 2.07 bits per heavy atom. The van der Waals surface area contributed by atoms with Crippen LogP contribution in [0.1, 0.15) is 18.1 Å². The number of aliphatic hydroxyl groups excluding tert-OH is 1. The normalized spacial score (nSPS) is 15.2. The number of benzene rings is 1. The Bertz CT molecular complexity index is 350. The highest BCUT2D eigenvalue weighted by molar-refractivity contribution is 5.41. The monoisotopic (exact) mass is 199 g/mol. The minimum absolute atomic E-state index is 0.0945. The predicted octanol–water partition coefficient (Wildman–Crippen LogP) is 1.01. The van der Waals surface area contributed by atoms with Crippen molar-refractivity contribution in [3.8, 4) is 5.75 Å². The largest absolute Gasteiger partial charge is 0.508 e. The molecule has 0 saturated heterocycles. The second kappa shape index (κ2) is 3.55. The lowest BCUT2D eigenvalue weighted by molar-refractivity contribution is 0.206. The summed E-state index contributed by atoms with van der Waals surface area (Å²) in [6.07, 6.45) is 0. The number of nitrogens with two attached hydrogens (primary N) is 1. The van der Waals surface area contributed by atoms with E-state index in [1.54, 1.807) is 6.92 Å². The van der Waals surface area contributed by atoms with Gasteiger partial charge in [-0.1, -0.05) is 0 Å². The van der Waals surface area contributed by atoms with E-state index in [1.165, 1.54) is 13.0 Å². The molecule has 1 atom stereocenters. The third-order valence-electron chi connectivity index (χ3n) is 2.22. The molecule has 4 heteroatoms. The van der Waals surface area contributed by atoms with Crippen molar-refractivity contribution in [2.45, 2.75) is 19.4 Å². The van der Waals surface area contributed by atoms with E-state index < -0.39 is 11.4 Å². The fourth-order valence-electron chi connectivity index (χ4n) is 1.21. The molecule has 0 fully saturated rings. The summed E-state index contributed by atoms with van der Waals surface area (Å²) in [7, 11) is 0. The zero-order valence-electron chi connectivity index (χ0n) is 8.21. The number of phenolic OH excluding ortho intramolecular Hbond substituents is 1. The van der Waals surface area contributed by atoms with Crippen LogP contribution in [-0.4, -0.2) is 16.8 Å². The Hall–Kier alpha value is -1.13. The molecule has 1 aromatic carbocycles. The maximum atomic E-state index is 13.2. The lowest BCUT2D eigenvalue weighted by atomic mass is 9.92. The van der Waals surface area contributed by atoms with Gasteiger partial charge in [0.1, 0.15) is 11.6 Å². The molecule has 0 heterocycles. The molecular weight excluding hydrogens is 185 g/mol. The molecule has 0 amide bonds. The number of halogens is 1. The Labute approximate surface area is 82.0 Å². The third kappa shape index (κ3) is 1.86. The van der Waals surface area contributed by atoms with Crippen molar-refractivity contribution in [1.82, 2.24) is 0 Å². The molecule has 0 saturated carbocycles. The third-order valence-corrected chi connectivity index (χ3v) is 2.22. The number of hydrogen-bond donors (Lipinski definition) is 3. The predicted molar refractivity (Wildman–Crippen MR) is 51.4 cm³/mol. The summed E-state index contributed by atoms with van der Waals surface area (Å²) in [5.74, 6) is -0.536. The molecule has 1 unspecified atom stereocenters. The summed E-state index contributed by atoms with van der Waals surface area (Å²) in [5.41, 5.74) is 5.11. The summed E-state index contributed by atoms with van der Waals surface area (Å²) in [4.78, 5) is 0. The van der Waals surface area contributed by atoms with Crippen LogP contribution in [0.4, 0.5) is 4.39 Å². The number of aliphatic hydroxyl groups is 1. The topological polar surface area (TPSA) is 66.5 Å². The smallest absolute Gasteiger partial charge is 0.126 e. The summed E-state index contributed by atoms with van der Waals surface area (Å²) < 4.78 is 13.2. The highest BCUT2D eigenvalue weighted by atomic mass is 19.1. The van der Waals surface area contributed by atoms with E-state index in [0.29, 0.717) is 5.56 Å². The van der Waals surface area contributed by atoms with Crippen molar-refractivity contribution in [3.05, 3.63) is 29.1 Å². The van der Waals surface area contributed by atoms with E-state index in [0.717, 1.165) is 6.07 Å². The van der Waals surface area contributed by atoms with E-state index in [4.69, 9.17) is 10.8 Å². The quantitative estimate of drug-likeness (QED) is 0.665. The van der Waals surface area contributed by atoms with Gasteiger partial charge in [0.25, 0.3) is 0 Å². The van der Waals surface area contributed by atoms with Crippen LogP contribution in [-0.2, 0) is 5.54 Å². The standard InChI is InChI=1S/C10H14FNO2/c1-6-3-9(14)7(4-8(6)11)10(2,12)5-13/h3-4,13-14H,5,12H2,1-2H3. The zero-order valence-corrected chi connectivity index (χ0v) is 8.21. The van der Waals surface area contributed by atoms with Crippen LogP contribution < -0.4 is 5.73 Å². The Morgan fingerprint density at radius 1 is 1.50 bits per heavy atom. The lowest BCUT2D eigenvalue weighted by Crippen LogP contribution is -2.37. The maximum absolute atomic E-state index is 13.2. The Morgan fingerprint density at radius 3 is 2.57 bits per heavy atom. The first-order chi connectivity index (χ1) is 6.38. The van der Waals surface area contributed by atoms with Gasteiger partial charge >= 0.3 is 0 Å². The van der Waals surface area contributed by atoms with Crippen LogP contribution in [0.2, 0.25) is 0 Å². The molecule has 78 valence electrons. The minimum Gasteiger partial charge on any atom is -0.508 e. The van der Waals surface area contributed by atoms with Gasteiger partial charge in [-0.25, -0.2) is 4.39 Å². The number of hydrogen-bond acceptors (Lipinski definition) is 3. The molecule has 4 N–H and O–H groups in total. The molecule has 0 aromatic heterocycles. The lowest BCUT2D eigenvalue weighted by Gasteiger charge is -2.23. The highest BCUT2D eigenvalue weighted by Gasteiger charge is 2.24. The first-order valence-corrected chi connectivity index (χ1v) is 4.28. The van der Waals surface area contributed by atoms with Gasteiger partial charge < -0.3 is 15.9 Å². The molecular formula is C10H14FNO2. The zero-order chi connectivity index (χ0) is 10.9. The van der Waals surface area contributed by atoms with Crippen molar-refractivity contribution in [3.63, 3.8) is 0 Å². The van der Waals surface area contributed by atoms with Crippen molar-refractivity contribution >= 4 is 0 Å². The van der Waals surface area contributed by atoms with Gasteiger partial charge in [-0.2, -0.15) is 0 Å². The SMILES string of the molecule is Cc1cc(O)c(C(C)(N)CO)cc1F. The van der Waals surface area contributed by atoms with E-state index in [9.17, 15) is 9.50 Å². The fraction of sp³-hybridized carbons (Fsp3) is 0.400. The van der Waals surface area contributed by atoms with Crippen LogP contribution in [0, 0.1) is 12.7 Å². The molecule has 0 spiro atoms. The summed E-state index contributed by atoms with van der Waals surface area (Å²) in [6.45, 7) is 2.71. The molecule has 0 aliphatic heterocycles. The summed E-state index contributed by atoms with van der Waals surface area (Å²) in [5, 5.41) is 18.5. The van der Waals surface area contributed by atoms with Crippen molar-refractivity contribution in [2.75, 3.05) is 6.61 Å². The minimum atomic E-state index is -1.13.